The largest absolute Gasteiger partial charge is 0.471 e. The molecule has 0 aromatic heterocycles. The Labute approximate surface area is 112 Å². The molecule has 6 heteroatoms. The number of rotatable bonds is 4. The van der Waals surface area contributed by atoms with Crippen LogP contribution in [0.4, 0.5) is 13.2 Å². The molecule has 1 fully saturated rings. The summed E-state index contributed by atoms with van der Waals surface area (Å²) in [6.07, 6.45) is -1.48. The summed E-state index contributed by atoms with van der Waals surface area (Å²) >= 11 is 0. The molecule has 1 saturated heterocycles. The molecule has 0 aliphatic carbocycles. The minimum absolute atomic E-state index is 0.0771. The fraction of sp³-hybridized carbons (Fsp3) is 0.923. The highest BCUT2D eigenvalue weighted by molar-refractivity contribution is 5.81. The average molecular weight is 280 g/mol. The van der Waals surface area contributed by atoms with Gasteiger partial charge in [-0.2, -0.15) is 13.2 Å². The molecule has 0 atom stereocenters. The summed E-state index contributed by atoms with van der Waals surface area (Å²) in [5.74, 6) is -1.82. The van der Waals surface area contributed by atoms with Gasteiger partial charge in [0.25, 0.3) is 0 Å². The Hall–Kier alpha value is -0.780. The Bertz CT molecular complexity index is 308. The molecule has 1 aliphatic rings. The fourth-order valence-electron chi connectivity index (χ4n) is 2.67. The molecule has 0 bridgehead atoms. The number of carbonyl (C=O) groups is 1. The number of carbonyl (C=O) groups excluding carboxylic acids is 1. The number of hydrogen-bond donors (Lipinski definition) is 1. The number of nitrogens with one attached hydrogen (secondary N) is 1. The van der Waals surface area contributed by atoms with Gasteiger partial charge in [0.05, 0.1) is 0 Å². The molecule has 1 amide bonds. The van der Waals surface area contributed by atoms with Gasteiger partial charge in [0, 0.05) is 24.7 Å². The smallest absolute Gasteiger partial charge is 0.345 e. The van der Waals surface area contributed by atoms with Crippen LogP contribution >= 0.6 is 0 Å². The van der Waals surface area contributed by atoms with Crippen LogP contribution in [-0.2, 0) is 4.79 Å². The molecule has 0 unspecified atom stereocenters. The number of hydrogen-bond acceptors (Lipinski definition) is 2. The molecule has 0 saturated carbocycles. The number of nitrogens with zero attached hydrogens (tertiary/aromatic N) is 1. The van der Waals surface area contributed by atoms with Gasteiger partial charge in [0.2, 0.25) is 0 Å². The lowest BCUT2D eigenvalue weighted by molar-refractivity contribution is -0.174. The summed E-state index contributed by atoms with van der Waals surface area (Å²) in [4.78, 5) is 13.2. The lowest BCUT2D eigenvalue weighted by Gasteiger charge is -2.43. The third-order valence-corrected chi connectivity index (χ3v) is 3.81. The third kappa shape index (κ3) is 4.67. The van der Waals surface area contributed by atoms with Crippen LogP contribution in [0.5, 0.6) is 0 Å². The second kappa shape index (κ2) is 6.11. The fourth-order valence-corrected chi connectivity index (χ4v) is 2.67. The van der Waals surface area contributed by atoms with Crippen molar-refractivity contribution >= 4 is 5.91 Å². The van der Waals surface area contributed by atoms with E-state index in [9.17, 15) is 18.0 Å². The van der Waals surface area contributed by atoms with Crippen LogP contribution in [0.25, 0.3) is 0 Å². The summed E-state index contributed by atoms with van der Waals surface area (Å²) < 4.78 is 36.4. The van der Waals surface area contributed by atoms with Crippen molar-refractivity contribution in [2.75, 3.05) is 13.1 Å². The first kappa shape index (κ1) is 16.3. The van der Waals surface area contributed by atoms with Gasteiger partial charge in [-0.25, -0.2) is 0 Å². The highest BCUT2D eigenvalue weighted by Crippen LogP contribution is 2.25. The van der Waals surface area contributed by atoms with E-state index in [0.29, 0.717) is 12.8 Å². The Kier molecular flexibility index (Phi) is 5.24. The van der Waals surface area contributed by atoms with Crippen molar-refractivity contribution in [2.45, 2.75) is 64.2 Å². The maximum Gasteiger partial charge on any atom is 0.471 e. The molecule has 19 heavy (non-hydrogen) atoms. The van der Waals surface area contributed by atoms with E-state index in [1.165, 1.54) is 0 Å². The van der Waals surface area contributed by atoms with Gasteiger partial charge in [-0.1, -0.05) is 13.3 Å². The first-order chi connectivity index (χ1) is 8.66. The Morgan fingerprint density at radius 1 is 1.26 bits per heavy atom. The number of piperidine rings is 1. The second-order valence-electron chi connectivity index (χ2n) is 5.79. The molecule has 1 aliphatic heterocycles. The van der Waals surface area contributed by atoms with Crippen LogP contribution in [0, 0.1) is 0 Å². The average Bonchev–Trinajstić information content (AvgIpc) is 2.28. The van der Waals surface area contributed by atoms with E-state index in [-0.39, 0.29) is 11.6 Å². The summed E-state index contributed by atoms with van der Waals surface area (Å²) in [5.41, 5.74) is 0.0771. The SMILES string of the molecule is CCCC(C)(C)N1CCC(NC(=O)C(F)(F)F)CC1. The number of likely N-dealkylation sites (tertiary alicyclic amines) is 1. The van der Waals surface area contributed by atoms with E-state index in [1.807, 2.05) is 0 Å². The van der Waals surface area contributed by atoms with Crippen molar-refractivity contribution in [3.05, 3.63) is 0 Å². The van der Waals surface area contributed by atoms with Crippen LogP contribution in [0.2, 0.25) is 0 Å². The molecule has 0 spiro atoms. The monoisotopic (exact) mass is 280 g/mol. The third-order valence-electron chi connectivity index (χ3n) is 3.81. The Morgan fingerprint density at radius 3 is 2.21 bits per heavy atom. The zero-order valence-electron chi connectivity index (χ0n) is 11.8. The molecule has 1 rings (SSSR count). The van der Waals surface area contributed by atoms with E-state index < -0.39 is 12.1 Å². The van der Waals surface area contributed by atoms with Gasteiger partial charge in [-0.3, -0.25) is 9.69 Å². The molecule has 112 valence electrons. The summed E-state index contributed by atoms with van der Waals surface area (Å²) in [6.45, 7) is 7.90. The molecular weight excluding hydrogens is 257 g/mol. The second-order valence-corrected chi connectivity index (χ2v) is 5.79. The van der Waals surface area contributed by atoms with Crippen molar-refractivity contribution in [3.8, 4) is 0 Å². The lowest BCUT2D eigenvalue weighted by Crippen LogP contribution is -2.53. The molecule has 1 N–H and O–H groups in total. The minimum atomic E-state index is -4.78. The maximum atomic E-state index is 12.1. The normalized spacial score (nSPS) is 19.5. The van der Waals surface area contributed by atoms with Crippen molar-refractivity contribution in [3.63, 3.8) is 0 Å². The predicted molar refractivity (Wildman–Crippen MR) is 67.8 cm³/mol. The molecule has 3 nitrogen and oxygen atoms in total. The van der Waals surface area contributed by atoms with Gasteiger partial charge >= 0.3 is 12.1 Å². The van der Waals surface area contributed by atoms with Gasteiger partial charge in [0.1, 0.15) is 0 Å². The van der Waals surface area contributed by atoms with E-state index >= 15 is 0 Å². The van der Waals surface area contributed by atoms with Gasteiger partial charge in [-0.05, 0) is 33.1 Å². The highest BCUT2D eigenvalue weighted by Gasteiger charge is 2.40. The molecule has 0 radical (unpaired) electrons. The summed E-state index contributed by atoms with van der Waals surface area (Å²) in [7, 11) is 0. The van der Waals surface area contributed by atoms with E-state index in [1.54, 1.807) is 0 Å². The van der Waals surface area contributed by atoms with Crippen LogP contribution in [-0.4, -0.2) is 41.7 Å². The topological polar surface area (TPSA) is 32.3 Å². The quantitative estimate of drug-likeness (QED) is 0.858. The van der Waals surface area contributed by atoms with Crippen molar-refractivity contribution < 1.29 is 18.0 Å². The summed E-state index contributed by atoms with van der Waals surface area (Å²) in [6, 6.07) is -0.359. The first-order valence-electron chi connectivity index (χ1n) is 6.79. The van der Waals surface area contributed by atoms with E-state index in [2.05, 4.69) is 31.0 Å². The zero-order valence-corrected chi connectivity index (χ0v) is 11.8. The predicted octanol–water partition coefficient (Wildman–Crippen LogP) is 2.71. The maximum absolute atomic E-state index is 12.1. The van der Waals surface area contributed by atoms with Crippen LogP contribution in [0.3, 0.4) is 0 Å². The van der Waals surface area contributed by atoms with Crippen LogP contribution < -0.4 is 5.32 Å². The molecule has 0 aromatic carbocycles. The standard InChI is InChI=1S/C13H23F3N2O/c1-4-7-12(2,3)18-8-5-10(6-9-18)17-11(19)13(14,15)16/h10H,4-9H2,1-3H3,(H,17,19). The lowest BCUT2D eigenvalue weighted by atomic mass is 9.92. The van der Waals surface area contributed by atoms with Crippen molar-refractivity contribution in [1.82, 2.24) is 10.2 Å². The Morgan fingerprint density at radius 2 is 1.79 bits per heavy atom. The molecular formula is C13H23F3N2O. The molecule has 1 heterocycles. The van der Waals surface area contributed by atoms with Gasteiger partial charge < -0.3 is 5.32 Å². The highest BCUT2D eigenvalue weighted by atomic mass is 19.4. The molecule has 0 aromatic rings. The van der Waals surface area contributed by atoms with E-state index in [4.69, 9.17) is 0 Å². The summed E-state index contributed by atoms with van der Waals surface area (Å²) in [5, 5.41) is 2.07. The van der Waals surface area contributed by atoms with Crippen LogP contribution in [0.1, 0.15) is 46.5 Å². The van der Waals surface area contributed by atoms with Gasteiger partial charge in [-0.15, -0.1) is 0 Å². The Balaban J connectivity index is 2.43. The van der Waals surface area contributed by atoms with E-state index in [0.717, 1.165) is 25.9 Å². The number of halogens is 3. The number of amides is 1. The first-order valence-corrected chi connectivity index (χ1v) is 6.79. The van der Waals surface area contributed by atoms with Crippen molar-refractivity contribution in [2.24, 2.45) is 0 Å². The number of alkyl halides is 3. The van der Waals surface area contributed by atoms with Gasteiger partial charge in [0.15, 0.2) is 0 Å². The van der Waals surface area contributed by atoms with Crippen LogP contribution in [0.15, 0.2) is 0 Å². The zero-order chi connectivity index (χ0) is 14.7. The minimum Gasteiger partial charge on any atom is -0.345 e. The van der Waals surface area contributed by atoms with Crippen molar-refractivity contribution in [1.29, 1.82) is 0 Å².